The van der Waals surface area contributed by atoms with Crippen LogP contribution in [-0.2, 0) is 11.8 Å². The van der Waals surface area contributed by atoms with Crippen LogP contribution in [0.3, 0.4) is 0 Å². The fraction of sp³-hybridized carbons (Fsp3) is 0.500. The Bertz CT molecular complexity index is 1150. The number of halogens is 2. The summed E-state index contributed by atoms with van der Waals surface area (Å²) in [5.41, 5.74) is 1.64. The Balaban J connectivity index is 1.36. The normalized spacial score (nSPS) is 25.0. The summed E-state index contributed by atoms with van der Waals surface area (Å²) < 4.78 is 7.16. The van der Waals surface area contributed by atoms with Gasteiger partial charge in [0, 0.05) is 29.7 Å². The lowest BCUT2D eigenvalue weighted by Gasteiger charge is -2.43. The quantitative estimate of drug-likeness (QED) is 0.592. The summed E-state index contributed by atoms with van der Waals surface area (Å²) in [5, 5.41) is 19.7. The molecule has 3 aromatic rings. The van der Waals surface area contributed by atoms with E-state index in [4.69, 9.17) is 32.9 Å². The van der Waals surface area contributed by atoms with Crippen molar-refractivity contribution in [2.45, 2.75) is 37.3 Å². The molecule has 2 N–H and O–H groups in total. The maximum atomic E-state index is 10.4. The summed E-state index contributed by atoms with van der Waals surface area (Å²) in [7, 11) is 1.80. The first-order valence-corrected chi connectivity index (χ1v) is 11.5. The Morgan fingerprint density at radius 1 is 1.22 bits per heavy atom. The van der Waals surface area contributed by atoms with Crippen molar-refractivity contribution in [1.82, 2.24) is 24.6 Å². The predicted octanol–water partition coefficient (Wildman–Crippen LogP) is 3.74. The lowest BCUT2D eigenvalue weighted by atomic mass is 9.85. The zero-order chi connectivity index (χ0) is 22.5. The first-order chi connectivity index (χ1) is 15.3. The summed E-state index contributed by atoms with van der Waals surface area (Å²) in [6.07, 6.45) is 3.26. The van der Waals surface area contributed by atoms with Gasteiger partial charge in [0.05, 0.1) is 30.4 Å². The molecule has 0 aliphatic carbocycles. The van der Waals surface area contributed by atoms with Crippen LogP contribution in [0.1, 0.15) is 31.2 Å². The van der Waals surface area contributed by atoms with E-state index in [1.807, 2.05) is 6.07 Å². The molecule has 2 atom stereocenters. The number of benzene rings is 1. The number of nitrogens with one attached hydrogen (secondary N) is 1. The number of nitrogens with zero attached hydrogens (tertiary/aromatic N) is 5. The van der Waals surface area contributed by atoms with Crippen molar-refractivity contribution in [2.24, 2.45) is 7.05 Å². The lowest BCUT2D eigenvalue weighted by molar-refractivity contribution is -0.00211. The largest absolute Gasteiger partial charge is 0.389 e. The second-order valence-corrected chi connectivity index (χ2v) is 9.67. The molecule has 170 valence electrons. The van der Waals surface area contributed by atoms with Gasteiger partial charge in [0.1, 0.15) is 5.82 Å². The topological polar surface area (TPSA) is 88.3 Å². The third kappa shape index (κ3) is 3.95. The van der Waals surface area contributed by atoms with Crippen molar-refractivity contribution < 1.29 is 9.84 Å². The maximum Gasteiger partial charge on any atom is 0.228 e. The van der Waals surface area contributed by atoms with Crippen molar-refractivity contribution in [3.63, 3.8) is 0 Å². The highest BCUT2D eigenvalue weighted by Crippen LogP contribution is 2.38. The third-order valence-corrected chi connectivity index (χ3v) is 7.35. The molecule has 0 spiro atoms. The summed E-state index contributed by atoms with van der Waals surface area (Å²) in [5.74, 6) is 1.53. The zero-order valence-electron chi connectivity index (χ0n) is 18.1. The van der Waals surface area contributed by atoms with Gasteiger partial charge in [-0.25, -0.2) is 9.97 Å². The molecule has 2 fully saturated rings. The summed E-state index contributed by atoms with van der Waals surface area (Å²) in [6, 6.07) is 5.75. The average molecular weight is 477 g/mol. The molecule has 1 aromatic carbocycles. The Hall–Kier alpha value is -1.97. The van der Waals surface area contributed by atoms with Gasteiger partial charge < -0.3 is 15.2 Å². The van der Waals surface area contributed by atoms with E-state index in [0.29, 0.717) is 36.1 Å². The van der Waals surface area contributed by atoms with Gasteiger partial charge in [-0.1, -0.05) is 23.2 Å². The zero-order valence-corrected chi connectivity index (χ0v) is 19.6. The van der Waals surface area contributed by atoms with E-state index in [1.165, 1.54) is 0 Å². The van der Waals surface area contributed by atoms with Crippen molar-refractivity contribution in [1.29, 1.82) is 0 Å². The highest BCUT2D eigenvalue weighted by atomic mass is 35.5. The van der Waals surface area contributed by atoms with Crippen LogP contribution in [-0.4, -0.2) is 67.7 Å². The number of rotatable bonds is 4. The Kier molecular flexibility index (Phi) is 5.75. The number of aromatic nitrogens is 4. The minimum Gasteiger partial charge on any atom is -0.389 e. The van der Waals surface area contributed by atoms with Gasteiger partial charge >= 0.3 is 0 Å². The minimum absolute atomic E-state index is 0.305. The second kappa shape index (κ2) is 8.43. The van der Waals surface area contributed by atoms with Crippen molar-refractivity contribution >= 4 is 45.9 Å². The molecule has 0 unspecified atom stereocenters. The van der Waals surface area contributed by atoms with Crippen molar-refractivity contribution in [3.05, 3.63) is 40.1 Å². The second-order valence-electron chi connectivity index (χ2n) is 8.88. The fourth-order valence-corrected chi connectivity index (χ4v) is 5.30. The highest BCUT2D eigenvalue weighted by molar-refractivity contribution is 6.32. The number of fused-ring (bicyclic) bond motifs is 1. The van der Waals surface area contributed by atoms with E-state index in [2.05, 4.69) is 33.3 Å². The number of piperidine rings is 1. The van der Waals surface area contributed by atoms with Crippen LogP contribution >= 0.6 is 23.2 Å². The molecule has 0 bridgehead atoms. The van der Waals surface area contributed by atoms with E-state index in [-0.39, 0.29) is 5.54 Å². The minimum atomic E-state index is -0.444. The van der Waals surface area contributed by atoms with Gasteiger partial charge in [0.15, 0.2) is 5.15 Å². The van der Waals surface area contributed by atoms with E-state index in [9.17, 15) is 5.11 Å². The van der Waals surface area contributed by atoms with E-state index in [0.717, 1.165) is 47.4 Å². The Morgan fingerprint density at radius 2 is 2.00 bits per heavy atom. The number of hydrogen-bond donors (Lipinski definition) is 2. The molecule has 8 nitrogen and oxygen atoms in total. The molecule has 0 saturated carbocycles. The van der Waals surface area contributed by atoms with Gasteiger partial charge in [-0.05, 0) is 56.5 Å². The van der Waals surface area contributed by atoms with Gasteiger partial charge in [0.2, 0.25) is 5.95 Å². The van der Waals surface area contributed by atoms with Crippen LogP contribution in [0.4, 0.5) is 11.8 Å². The number of ether oxygens (including phenoxy) is 1. The lowest BCUT2D eigenvalue weighted by Crippen LogP contribution is -2.56. The average Bonchev–Trinajstić information content (AvgIpc) is 3.28. The standard InChI is InChI=1S/C22H26Cl2N6O2/c1-22(12-32-11-18(22)31)30-5-3-13(4-6-30)15-8-17-14(7-16(15)23)10-25-21(26-17)27-20-9-19(24)28-29(20)2/h7-10,13,18,31H,3-6,11-12H2,1-2H3,(H,25,26,27)/t18-,22+/m1/s1. The van der Waals surface area contributed by atoms with Gasteiger partial charge in [-0.3, -0.25) is 9.58 Å². The monoisotopic (exact) mass is 476 g/mol. The van der Waals surface area contributed by atoms with Crippen LogP contribution in [0.15, 0.2) is 24.4 Å². The SMILES string of the molecule is Cn1nc(Cl)cc1Nc1ncc2cc(Cl)c(C3CCN([C@@]4(C)COC[C@H]4O)CC3)cc2n1. The Morgan fingerprint density at radius 3 is 2.66 bits per heavy atom. The van der Waals surface area contributed by atoms with E-state index in [1.54, 1.807) is 24.0 Å². The smallest absolute Gasteiger partial charge is 0.228 e. The maximum absolute atomic E-state index is 10.4. The predicted molar refractivity (Wildman–Crippen MR) is 125 cm³/mol. The molecule has 0 radical (unpaired) electrons. The molecule has 10 heteroatoms. The molecule has 0 amide bonds. The van der Waals surface area contributed by atoms with Gasteiger partial charge in [0.25, 0.3) is 0 Å². The van der Waals surface area contributed by atoms with Crippen LogP contribution < -0.4 is 5.32 Å². The van der Waals surface area contributed by atoms with Crippen LogP contribution in [0, 0.1) is 0 Å². The molecule has 4 heterocycles. The summed E-state index contributed by atoms with van der Waals surface area (Å²) in [6.45, 7) is 4.87. The first kappa shape index (κ1) is 21.9. The van der Waals surface area contributed by atoms with Crippen molar-refractivity contribution in [3.8, 4) is 0 Å². The number of hydrogen-bond acceptors (Lipinski definition) is 7. The van der Waals surface area contributed by atoms with E-state index < -0.39 is 6.10 Å². The van der Waals surface area contributed by atoms with Crippen LogP contribution in [0.25, 0.3) is 10.9 Å². The molecule has 2 aromatic heterocycles. The number of aryl methyl sites for hydroxylation is 1. The molecule has 5 rings (SSSR count). The molecule has 2 aliphatic rings. The number of aliphatic hydroxyl groups excluding tert-OH is 1. The van der Waals surface area contributed by atoms with Gasteiger partial charge in [-0.15, -0.1) is 0 Å². The number of anilines is 2. The Labute approximate surface area is 196 Å². The molecule has 32 heavy (non-hydrogen) atoms. The number of aliphatic hydroxyl groups is 1. The third-order valence-electron chi connectivity index (χ3n) is 6.83. The van der Waals surface area contributed by atoms with Gasteiger partial charge in [-0.2, -0.15) is 5.10 Å². The molecule has 2 saturated heterocycles. The summed E-state index contributed by atoms with van der Waals surface area (Å²) in [4.78, 5) is 11.4. The molecular weight excluding hydrogens is 451 g/mol. The number of likely N-dealkylation sites (tertiary alicyclic amines) is 1. The summed E-state index contributed by atoms with van der Waals surface area (Å²) >= 11 is 12.6. The van der Waals surface area contributed by atoms with Crippen molar-refractivity contribution in [2.75, 3.05) is 31.6 Å². The van der Waals surface area contributed by atoms with Crippen LogP contribution in [0.2, 0.25) is 10.2 Å². The fourth-order valence-electron chi connectivity index (χ4n) is 4.76. The van der Waals surface area contributed by atoms with Crippen LogP contribution in [0.5, 0.6) is 0 Å². The molecule has 2 aliphatic heterocycles. The highest BCUT2D eigenvalue weighted by Gasteiger charge is 2.45. The van der Waals surface area contributed by atoms with E-state index >= 15 is 0 Å². The molecular formula is C22H26Cl2N6O2. The first-order valence-electron chi connectivity index (χ1n) is 10.8.